The van der Waals surface area contributed by atoms with Gasteiger partial charge in [-0.25, -0.2) is 0 Å². The average molecular weight is 309 g/mol. The van der Waals surface area contributed by atoms with Crippen LogP contribution in [0, 0.1) is 0 Å². The highest BCUT2D eigenvalue weighted by Gasteiger charge is 2.19. The smallest absolute Gasteiger partial charge is 0.315 e. The molecule has 0 saturated heterocycles. The van der Waals surface area contributed by atoms with E-state index in [1.165, 1.54) is 0 Å². The van der Waals surface area contributed by atoms with E-state index in [-0.39, 0.29) is 24.2 Å². The quantitative estimate of drug-likeness (QED) is 0.623. The van der Waals surface area contributed by atoms with Crippen LogP contribution in [0.3, 0.4) is 0 Å². The van der Waals surface area contributed by atoms with Crippen LogP contribution in [0.2, 0.25) is 5.02 Å². The van der Waals surface area contributed by atoms with Gasteiger partial charge in [-0.1, -0.05) is 16.8 Å². The third-order valence-corrected chi connectivity index (χ3v) is 2.69. The summed E-state index contributed by atoms with van der Waals surface area (Å²) in [5.74, 6) is -0.958. The predicted molar refractivity (Wildman–Crippen MR) is 74.1 cm³/mol. The van der Waals surface area contributed by atoms with E-state index in [4.69, 9.17) is 20.9 Å². The van der Waals surface area contributed by atoms with E-state index in [0.717, 1.165) is 0 Å². The van der Waals surface area contributed by atoms with E-state index in [1.54, 1.807) is 38.1 Å². The molecule has 0 spiro atoms. The summed E-state index contributed by atoms with van der Waals surface area (Å²) < 4.78 is 9.83. The number of hydrogen-bond donors (Lipinski definition) is 0. The summed E-state index contributed by atoms with van der Waals surface area (Å²) in [6.07, 6.45) is -0.394. The lowest BCUT2D eigenvalue weighted by Crippen LogP contribution is -2.14. The first-order chi connectivity index (χ1) is 9.95. The molecular weight excluding hydrogens is 296 g/mol. The second kappa shape index (κ2) is 6.49. The molecule has 0 fully saturated rings. The molecule has 0 aliphatic carbocycles. The Labute approximate surface area is 126 Å². The van der Waals surface area contributed by atoms with Gasteiger partial charge in [-0.15, -0.1) is 0 Å². The van der Waals surface area contributed by atoms with Crippen LogP contribution in [0.4, 0.5) is 0 Å². The second-order valence-electron chi connectivity index (χ2n) is 4.56. The first-order valence-corrected chi connectivity index (χ1v) is 6.66. The van der Waals surface area contributed by atoms with E-state index in [1.807, 2.05) is 0 Å². The highest BCUT2D eigenvalue weighted by Crippen LogP contribution is 2.12. The van der Waals surface area contributed by atoms with Crippen molar-refractivity contribution in [2.24, 2.45) is 0 Å². The molecule has 0 radical (unpaired) electrons. The maximum absolute atomic E-state index is 12.1. The van der Waals surface area contributed by atoms with Crippen LogP contribution in [-0.4, -0.2) is 28.0 Å². The van der Waals surface area contributed by atoms with Crippen LogP contribution >= 0.6 is 11.6 Å². The highest BCUT2D eigenvalue weighted by atomic mass is 35.5. The van der Waals surface area contributed by atoms with Crippen LogP contribution in [0.1, 0.15) is 35.9 Å². The lowest BCUT2D eigenvalue weighted by molar-refractivity contribution is -0.146. The molecule has 0 aliphatic rings. The number of benzene rings is 1. The van der Waals surface area contributed by atoms with E-state index in [9.17, 15) is 9.59 Å². The van der Waals surface area contributed by atoms with E-state index >= 15 is 0 Å². The zero-order valence-electron chi connectivity index (χ0n) is 11.5. The molecule has 6 nitrogen and oxygen atoms in total. The van der Waals surface area contributed by atoms with Crippen LogP contribution < -0.4 is 0 Å². The first kappa shape index (κ1) is 15.2. The third-order valence-electron chi connectivity index (χ3n) is 2.44. The maximum Gasteiger partial charge on any atom is 0.315 e. The number of esters is 1. The van der Waals surface area contributed by atoms with Crippen molar-refractivity contribution in [2.75, 3.05) is 0 Å². The van der Waals surface area contributed by atoms with Gasteiger partial charge >= 0.3 is 5.97 Å². The minimum atomic E-state index is -0.487. The van der Waals surface area contributed by atoms with Crippen molar-refractivity contribution in [3.8, 4) is 0 Å². The summed E-state index contributed by atoms with van der Waals surface area (Å²) in [5.41, 5.74) is 0.386. The Morgan fingerprint density at radius 3 is 2.57 bits per heavy atom. The van der Waals surface area contributed by atoms with Gasteiger partial charge in [0.1, 0.15) is 6.42 Å². The minimum Gasteiger partial charge on any atom is -0.463 e. The fourth-order valence-corrected chi connectivity index (χ4v) is 1.70. The number of nitrogens with zero attached hydrogens (tertiary/aromatic N) is 2. The Bertz CT molecular complexity index is 649. The van der Waals surface area contributed by atoms with Crippen LogP contribution in [-0.2, 0) is 16.0 Å². The molecular formula is C14H13ClN2O4. The Balaban J connectivity index is 2.07. The number of hydrogen-bond acceptors (Lipinski definition) is 6. The summed E-state index contributed by atoms with van der Waals surface area (Å²) in [5, 5.41) is 4.10. The van der Waals surface area contributed by atoms with E-state index in [0.29, 0.717) is 10.6 Å². The fourth-order valence-electron chi connectivity index (χ4n) is 1.58. The summed E-state index contributed by atoms with van der Waals surface area (Å²) in [6, 6.07) is 6.31. The minimum absolute atomic E-state index is 0.0398. The number of halogens is 1. The van der Waals surface area contributed by atoms with Crippen LogP contribution in [0.15, 0.2) is 28.8 Å². The SMILES string of the molecule is CC(C)OC(=O)Cc1nc(C(=O)c2ccc(Cl)cc2)no1. The molecule has 0 N–H and O–H groups in total. The second-order valence-corrected chi connectivity index (χ2v) is 5.00. The zero-order valence-corrected chi connectivity index (χ0v) is 12.3. The van der Waals surface area contributed by atoms with Gasteiger partial charge in [0.2, 0.25) is 17.5 Å². The van der Waals surface area contributed by atoms with Gasteiger partial charge in [0.15, 0.2) is 0 Å². The van der Waals surface area contributed by atoms with Crippen molar-refractivity contribution < 1.29 is 18.8 Å². The number of ketones is 1. The van der Waals surface area contributed by atoms with Gasteiger partial charge in [-0.05, 0) is 38.1 Å². The molecule has 0 unspecified atom stereocenters. The molecule has 21 heavy (non-hydrogen) atoms. The van der Waals surface area contributed by atoms with Crippen molar-refractivity contribution >= 4 is 23.4 Å². The standard InChI is InChI=1S/C14H13ClN2O4/c1-8(2)20-12(18)7-11-16-14(17-21-11)13(19)9-3-5-10(15)6-4-9/h3-6,8H,7H2,1-2H3. The third kappa shape index (κ3) is 4.13. The molecule has 2 rings (SSSR count). The Morgan fingerprint density at radius 1 is 1.29 bits per heavy atom. The molecule has 0 atom stereocenters. The van der Waals surface area contributed by atoms with Crippen LogP contribution in [0.5, 0.6) is 0 Å². The summed E-state index contributed by atoms with van der Waals surface area (Å²) in [4.78, 5) is 27.4. The summed E-state index contributed by atoms with van der Waals surface area (Å²) >= 11 is 5.75. The Hall–Kier alpha value is -2.21. The number of carbonyl (C=O) groups is 2. The Kier molecular flexibility index (Phi) is 4.70. The zero-order chi connectivity index (χ0) is 15.4. The van der Waals surface area contributed by atoms with Gasteiger partial charge in [-0.2, -0.15) is 4.98 Å². The number of aromatic nitrogens is 2. The molecule has 0 aliphatic heterocycles. The summed E-state index contributed by atoms with van der Waals surface area (Å²) in [7, 11) is 0. The molecule has 7 heteroatoms. The molecule has 1 aromatic heterocycles. The van der Waals surface area contributed by atoms with Gasteiger partial charge in [-0.3, -0.25) is 9.59 Å². The lowest BCUT2D eigenvalue weighted by Gasteiger charge is -2.05. The molecule has 0 saturated carbocycles. The monoisotopic (exact) mass is 308 g/mol. The molecule has 110 valence electrons. The number of carbonyl (C=O) groups excluding carboxylic acids is 2. The van der Waals surface area contributed by atoms with Gasteiger partial charge < -0.3 is 9.26 Å². The topological polar surface area (TPSA) is 82.3 Å². The summed E-state index contributed by atoms with van der Waals surface area (Å²) in [6.45, 7) is 3.47. The predicted octanol–water partition coefficient (Wildman–Crippen LogP) is 2.45. The normalized spacial score (nSPS) is 10.7. The van der Waals surface area contributed by atoms with Crippen molar-refractivity contribution in [3.63, 3.8) is 0 Å². The molecule has 0 amide bonds. The number of rotatable bonds is 5. The molecule has 1 aromatic carbocycles. The first-order valence-electron chi connectivity index (χ1n) is 6.28. The van der Waals surface area contributed by atoms with E-state index in [2.05, 4.69) is 10.1 Å². The fraction of sp³-hybridized carbons (Fsp3) is 0.286. The van der Waals surface area contributed by atoms with Crippen molar-refractivity contribution in [2.45, 2.75) is 26.4 Å². The molecule has 2 aromatic rings. The number of ether oxygens (including phenoxy) is 1. The molecule has 1 heterocycles. The van der Waals surface area contributed by atoms with E-state index < -0.39 is 11.8 Å². The van der Waals surface area contributed by atoms with Gasteiger partial charge in [0, 0.05) is 10.6 Å². The van der Waals surface area contributed by atoms with Crippen molar-refractivity contribution in [3.05, 3.63) is 46.6 Å². The Morgan fingerprint density at radius 2 is 1.95 bits per heavy atom. The highest BCUT2D eigenvalue weighted by molar-refractivity contribution is 6.30. The van der Waals surface area contributed by atoms with Gasteiger partial charge in [0.25, 0.3) is 0 Å². The van der Waals surface area contributed by atoms with Crippen molar-refractivity contribution in [1.82, 2.24) is 10.1 Å². The largest absolute Gasteiger partial charge is 0.463 e. The van der Waals surface area contributed by atoms with Crippen molar-refractivity contribution in [1.29, 1.82) is 0 Å². The van der Waals surface area contributed by atoms with Crippen LogP contribution in [0.25, 0.3) is 0 Å². The average Bonchev–Trinajstić information content (AvgIpc) is 2.86. The lowest BCUT2D eigenvalue weighted by atomic mass is 10.1. The van der Waals surface area contributed by atoms with Gasteiger partial charge in [0.05, 0.1) is 6.10 Å². The maximum atomic E-state index is 12.1. The molecule has 0 bridgehead atoms.